The van der Waals surface area contributed by atoms with Crippen molar-refractivity contribution in [3.05, 3.63) is 0 Å². The lowest BCUT2D eigenvalue weighted by Crippen LogP contribution is -2.38. The summed E-state index contributed by atoms with van der Waals surface area (Å²) in [5, 5.41) is 6.13. The first kappa shape index (κ1) is 15.1. The number of likely N-dealkylation sites (tertiary alicyclic amines) is 1. The molecule has 2 unspecified atom stereocenters. The van der Waals surface area contributed by atoms with Crippen LogP contribution in [0.25, 0.3) is 0 Å². The van der Waals surface area contributed by atoms with Gasteiger partial charge in [0.25, 0.3) is 0 Å². The topological polar surface area (TPSA) is 70.7 Å². The zero-order valence-corrected chi connectivity index (χ0v) is 12.2. The smallest absolute Gasteiger partial charge is 0.407 e. The van der Waals surface area contributed by atoms with Gasteiger partial charge in [-0.3, -0.25) is 4.79 Å². The average Bonchev–Trinajstić information content (AvgIpc) is 2.94. The summed E-state index contributed by atoms with van der Waals surface area (Å²) in [7, 11) is 1.35. The lowest BCUT2D eigenvalue weighted by molar-refractivity contribution is -0.130. The third-order valence-electron chi connectivity index (χ3n) is 4.21. The number of nitrogens with zero attached hydrogens (tertiary/aromatic N) is 1. The van der Waals surface area contributed by atoms with E-state index in [-0.39, 0.29) is 11.9 Å². The average molecular weight is 283 g/mol. The molecule has 2 saturated heterocycles. The molecule has 6 heteroatoms. The van der Waals surface area contributed by atoms with Gasteiger partial charge in [0.1, 0.15) is 0 Å². The fraction of sp³-hybridized carbons (Fsp3) is 0.857. The molecule has 2 aliphatic rings. The number of amides is 2. The Bertz CT molecular complexity index is 343. The zero-order chi connectivity index (χ0) is 14.4. The summed E-state index contributed by atoms with van der Waals surface area (Å²) in [4.78, 5) is 25.1. The SMILES string of the molecule is COC(=O)NC1CCN(C(=O)CCC2CCCNC2)C1. The fourth-order valence-corrected chi connectivity index (χ4v) is 2.99. The summed E-state index contributed by atoms with van der Waals surface area (Å²) < 4.78 is 4.57. The molecule has 2 atom stereocenters. The predicted molar refractivity (Wildman–Crippen MR) is 75.4 cm³/mol. The van der Waals surface area contributed by atoms with Gasteiger partial charge in [-0.05, 0) is 44.7 Å². The molecule has 2 N–H and O–H groups in total. The second kappa shape index (κ2) is 7.47. The Morgan fingerprint density at radius 1 is 1.40 bits per heavy atom. The first-order valence-corrected chi connectivity index (χ1v) is 7.52. The molecule has 0 radical (unpaired) electrons. The van der Waals surface area contributed by atoms with E-state index in [9.17, 15) is 9.59 Å². The maximum atomic E-state index is 12.2. The molecule has 0 spiro atoms. The van der Waals surface area contributed by atoms with Crippen LogP contribution in [-0.4, -0.2) is 56.2 Å². The molecule has 2 heterocycles. The van der Waals surface area contributed by atoms with Gasteiger partial charge in [-0.1, -0.05) is 0 Å². The number of nitrogens with one attached hydrogen (secondary N) is 2. The molecule has 2 aliphatic heterocycles. The van der Waals surface area contributed by atoms with E-state index in [4.69, 9.17) is 0 Å². The van der Waals surface area contributed by atoms with Crippen LogP contribution < -0.4 is 10.6 Å². The number of carbonyl (C=O) groups excluding carboxylic acids is 2. The third-order valence-corrected chi connectivity index (χ3v) is 4.21. The lowest BCUT2D eigenvalue weighted by Gasteiger charge is -2.23. The zero-order valence-electron chi connectivity index (χ0n) is 12.2. The van der Waals surface area contributed by atoms with E-state index < -0.39 is 6.09 Å². The lowest BCUT2D eigenvalue weighted by atomic mass is 9.94. The molecular formula is C14H25N3O3. The van der Waals surface area contributed by atoms with E-state index in [2.05, 4.69) is 15.4 Å². The van der Waals surface area contributed by atoms with Gasteiger partial charge < -0.3 is 20.3 Å². The third kappa shape index (κ3) is 4.37. The van der Waals surface area contributed by atoms with Gasteiger partial charge in [-0.15, -0.1) is 0 Å². The van der Waals surface area contributed by atoms with Crippen LogP contribution in [0.2, 0.25) is 0 Å². The Hall–Kier alpha value is -1.30. The monoisotopic (exact) mass is 283 g/mol. The van der Waals surface area contributed by atoms with Crippen molar-refractivity contribution < 1.29 is 14.3 Å². The van der Waals surface area contributed by atoms with Crippen molar-refractivity contribution >= 4 is 12.0 Å². The predicted octanol–water partition coefficient (Wildman–Crippen LogP) is 0.723. The normalized spacial score (nSPS) is 26.4. The highest BCUT2D eigenvalue weighted by Gasteiger charge is 2.27. The number of ether oxygens (including phenoxy) is 1. The van der Waals surface area contributed by atoms with Crippen LogP contribution in [0, 0.1) is 5.92 Å². The summed E-state index contributed by atoms with van der Waals surface area (Å²) >= 11 is 0. The molecular weight excluding hydrogens is 258 g/mol. The van der Waals surface area contributed by atoms with Gasteiger partial charge in [0.2, 0.25) is 5.91 Å². The first-order valence-electron chi connectivity index (χ1n) is 7.52. The van der Waals surface area contributed by atoms with Crippen molar-refractivity contribution in [2.24, 2.45) is 5.92 Å². The van der Waals surface area contributed by atoms with Crippen molar-refractivity contribution in [3.8, 4) is 0 Å². The highest BCUT2D eigenvalue weighted by atomic mass is 16.5. The summed E-state index contributed by atoms with van der Waals surface area (Å²) in [6, 6.07) is 0.0303. The molecule has 0 bridgehead atoms. The highest BCUT2D eigenvalue weighted by molar-refractivity contribution is 5.76. The van der Waals surface area contributed by atoms with Crippen molar-refractivity contribution in [3.63, 3.8) is 0 Å². The molecule has 0 aromatic heterocycles. The Morgan fingerprint density at radius 3 is 2.95 bits per heavy atom. The van der Waals surface area contributed by atoms with Crippen LogP contribution >= 0.6 is 0 Å². The standard InChI is InChI=1S/C14H25N3O3/c1-20-14(19)16-12-6-8-17(10-12)13(18)5-4-11-3-2-7-15-9-11/h11-12,15H,2-10H2,1H3,(H,16,19). The van der Waals surface area contributed by atoms with Crippen molar-refractivity contribution in [1.82, 2.24) is 15.5 Å². The molecule has 0 saturated carbocycles. The van der Waals surface area contributed by atoms with E-state index in [0.29, 0.717) is 18.9 Å². The van der Waals surface area contributed by atoms with E-state index in [0.717, 1.165) is 32.5 Å². The number of hydrogen-bond donors (Lipinski definition) is 2. The Morgan fingerprint density at radius 2 is 2.25 bits per heavy atom. The van der Waals surface area contributed by atoms with Gasteiger partial charge in [0.05, 0.1) is 13.2 Å². The van der Waals surface area contributed by atoms with Crippen molar-refractivity contribution in [2.45, 2.75) is 38.1 Å². The number of hydrogen-bond acceptors (Lipinski definition) is 4. The van der Waals surface area contributed by atoms with E-state index in [1.165, 1.54) is 20.0 Å². The van der Waals surface area contributed by atoms with E-state index >= 15 is 0 Å². The minimum Gasteiger partial charge on any atom is -0.453 e. The van der Waals surface area contributed by atoms with Crippen molar-refractivity contribution in [1.29, 1.82) is 0 Å². The van der Waals surface area contributed by atoms with Gasteiger partial charge in [0.15, 0.2) is 0 Å². The van der Waals surface area contributed by atoms with Crippen LogP contribution in [0.5, 0.6) is 0 Å². The van der Waals surface area contributed by atoms with E-state index in [1.54, 1.807) is 0 Å². The molecule has 6 nitrogen and oxygen atoms in total. The largest absolute Gasteiger partial charge is 0.453 e. The molecule has 2 fully saturated rings. The summed E-state index contributed by atoms with van der Waals surface area (Å²) in [5.74, 6) is 0.851. The molecule has 114 valence electrons. The molecule has 2 amide bonds. The molecule has 0 aromatic carbocycles. The summed E-state index contributed by atoms with van der Waals surface area (Å²) in [6.07, 6.45) is 4.43. The van der Waals surface area contributed by atoms with Gasteiger partial charge in [-0.25, -0.2) is 4.79 Å². The maximum absolute atomic E-state index is 12.2. The van der Waals surface area contributed by atoms with Crippen LogP contribution in [0.3, 0.4) is 0 Å². The maximum Gasteiger partial charge on any atom is 0.407 e. The number of alkyl carbamates (subject to hydrolysis) is 1. The minimum absolute atomic E-state index is 0.0303. The van der Waals surface area contributed by atoms with Crippen LogP contribution in [0.15, 0.2) is 0 Å². The Kier molecular flexibility index (Phi) is 5.64. The molecule has 2 rings (SSSR count). The molecule has 20 heavy (non-hydrogen) atoms. The minimum atomic E-state index is -0.419. The second-order valence-corrected chi connectivity index (χ2v) is 5.71. The van der Waals surface area contributed by atoms with Gasteiger partial charge >= 0.3 is 6.09 Å². The van der Waals surface area contributed by atoms with Gasteiger partial charge in [-0.2, -0.15) is 0 Å². The number of methoxy groups -OCH3 is 1. The van der Waals surface area contributed by atoms with E-state index in [1.807, 2.05) is 4.90 Å². The number of carbonyl (C=O) groups is 2. The Labute approximate surface area is 120 Å². The number of rotatable bonds is 4. The summed E-state index contributed by atoms with van der Waals surface area (Å²) in [5.41, 5.74) is 0. The highest BCUT2D eigenvalue weighted by Crippen LogP contribution is 2.18. The number of piperidine rings is 1. The van der Waals surface area contributed by atoms with Gasteiger partial charge in [0, 0.05) is 19.5 Å². The van der Waals surface area contributed by atoms with Crippen LogP contribution in [-0.2, 0) is 9.53 Å². The van der Waals surface area contributed by atoms with Crippen molar-refractivity contribution in [2.75, 3.05) is 33.3 Å². The molecule has 0 aliphatic carbocycles. The van der Waals surface area contributed by atoms with Crippen LogP contribution in [0.4, 0.5) is 4.79 Å². The molecule has 0 aromatic rings. The second-order valence-electron chi connectivity index (χ2n) is 5.71. The fourth-order valence-electron chi connectivity index (χ4n) is 2.99. The Balaban J connectivity index is 1.67. The van der Waals surface area contributed by atoms with Crippen LogP contribution in [0.1, 0.15) is 32.1 Å². The first-order chi connectivity index (χ1) is 9.69. The summed E-state index contributed by atoms with van der Waals surface area (Å²) in [6.45, 7) is 3.49. The quantitative estimate of drug-likeness (QED) is 0.797.